The van der Waals surface area contributed by atoms with Gasteiger partial charge in [0.15, 0.2) is 0 Å². The highest BCUT2D eigenvalue weighted by atomic mass is 15.3. The van der Waals surface area contributed by atoms with E-state index in [4.69, 9.17) is 4.98 Å². The molecule has 0 N–H and O–H groups in total. The summed E-state index contributed by atoms with van der Waals surface area (Å²) in [4.78, 5) is 19.6. The van der Waals surface area contributed by atoms with Crippen LogP contribution < -0.4 is 4.90 Å². The Morgan fingerprint density at radius 1 is 1.07 bits per heavy atom. The number of anilines is 1. The Balaban J connectivity index is 1.60. The number of benzene rings is 1. The molecule has 0 amide bonds. The predicted octanol–water partition coefficient (Wildman–Crippen LogP) is 3.41. The van der Waals surface area contributed by atoms with Crippen molar-refractivity contribution in [2.24, 2.45) is 7.05 Å². The number of hydrogen-bond donors (Lipinski definition) is 0. The van der Waals surface area contributed by atoms with Gasteiger partial charge < -0.3 is 4.90 Å². The SMILES string of the molecule is CCCc1nn(C)c2cnc(N(C)Cc3cccc(-c4cncnc4)c3)nc12. The predicted molar refractivity (Wildman–Crippen MR) is 110 cm³/mol. The van der Waals surface area contributed by atoms with Crippen LogP contribution in [0.4, 0.5) is 5.95 Å². The van der Waals surface area contributed by atoms with Crippen molar-refractivity contribution in [3.05, 3.63) is 60.4 Å². The van der Waals surface area contributed by atoms with Crippen molar-refractivity contribution >= 4 is 17.0 Å². The molecule has 4 aromatic rings. The maximum absolute atomic E-state index is 4.80. The van der Waals surface area contributed by atoms with Crippen molar-refractivity contribution in [1.82, 2.24) is 29.7 Å². The van der Waals surface area contributed by atoms with Crippen molar-refractivity contribution in [3.8, 4) is 11.1 Å². The van der Waals surface area contributed by atoms with Gasteiger partial charge in [-0.2, -0.15) is 5.10 Å². The summed E-state index contributed by atoms with van der Waals surface area (Å²) in [6.45, 7) is 2.86. The number of aryl methyl sites for hydroxylation is 2. The van der Waals surface area contributed by atoms with E-state index in [0.29, 0.717) is 12.5 Å². The van der Waals surface area contributed by atoms with Crippen LogP contribution in [0.25, 0.3) is 22.2 Å². The molecule has 0 aliphatic rings. The molecular formula is C21H23N7. The molecule has 0 atom stereocenters. The van der Waals surface area contributed by atoms with Gasteiger partial charge in [-0.1, -0.05) is 31.5 Å². The maximum atomic E-state index is 4.80. The Morgan fingerprint density at radius 3 is 2.68 bits per heavy atom. The molecule has 28 heavy (non-hydrogen) atoms. The zero-order chi connectivity index (χ0) is 19.5. The monoisotopic (exact) mass is 373 g/mol. The summed E-state index contributed by atoms with van der Waals surface area (Å²) in [7, 11) is 3.95. The largest absolute Gasteiger partial charge is 0.340 e. The first kappa shape index (κ1) is 18.0. The Labute approximate surface area is 164 Å². The minimum absolute atomic E-state index is 0.700. The maximum Gasteiger partial charge on any atom is 0.226 e. The topological polar surface area (TPSA) is 72.6 Å². The lowest BCUT2D eigenvalue weighted by Crippen LogP contribution is -2.19. The van der Waals surface area contributed by atoms with Crippen LogP contribution in [-0.2, 0) is 20.0 Å². The van der Waals surface area contributed by atoms with Crippen LogP contribution in [0.3, 0.4) is 0 Å². The third-order valence-corrected chi connectivity index (χ3v) is 4.72. The first-order valence-corrected chi connectivity index (χ1v) is 9.39. The van der Waals surface area contributed by atoms with Crippen molar-refractivity contribution < 1.29 is 0 Å². The Hall–Kier alpha value is -3.35. The van der Waals surface area contributed by atoms with E-state index < -0.39 is 0 Å². The fourth-order valence-electron chi connectivity index (χ4n) is 3.33. The first-order valence-electron chi connectivity index (χ1n) is 9.39. The second kappa shape index (κ2) is 7.72. The summed E-state index contributed by atoms with van der Waals surface area (Å²) in [6, 6.07) is 8.38. The van der Waals surface area contributed by atoms with Gasteiger partial charge >= 0.3 is 0 Å². The lowest BCUT2D eigenvalue weighted by molar-refractivity contribution is 0.752. The highest BCUT2D eigenvalue weighted by molar-refractivity contribution is 5.78. The average Bonchev–Trinajstić information content (AvgIpc) is 3.04. The molecule has 142 valence electrons. The fourth-order valence-corrected chi connectivity index (χ4v) is 3.33. The summed E-state index contributed by atoms with van der Waals surface area (Å²) in [6.07, 6.45) is 9.00. The molecule has 0 bridgehead atoms. The molecule has 1 aromatic carbocycles. The molecule has 0 aliphatic heterocycles. The van der Waals surface area contributed by atoms with Crippen LogP contribution in [0.2, 0.25) is 0 Å². The van der Waals surface area contributed by atoms with Crippen LogP contribution in [0.15, 0.2) is 49.2 Å². The number of aromatic nitrogens is 6. The van der Waals surface area contributed by atoms with Crippen molar-refractivity contribution in [3.63, 3.8) is 0 Å². The zero-order valence-corrected chi connectivity index (χ0v) is 16.4. The van der Waals surface area contributed by atoms with Gasteiger partial charge in [0.05, 0.1) is 11.9 Å². The Morgan fingerprint density at radius 2 is 1.89 bits per heavy atom. The molecule has 0 saturated carbocycles. The molecule has 0 spiro atoms. The van der Waals surface area contributed by atoms with E-state index in [1.54, 1.807) is 6.33 Å². The second-order valence-electron chi connectivity index (χ2n) is 6.91. The molecule has 3 aromatic heterocycles. The Bertz CT molecular complexity index is 1090. The van der Waals surface area contributed by atoms with Crippen molar-refractivity contribution in [2.75, 3.05) is 11.9 Å². The second-order valence-corrected chi connectivity index (χ2v) is 6.91. The van der Waals surface area contributed by atoms with Gasteiger partial charge in [0.25, 0.3) is 0 Å². The lowest BCUT2D eigenvalue weighted by Gasteiger charge is -2.17. The molecular weight excluding hydrogens is 350 g/mol. The number of hydrogen-bond acceptors (Lipinski definition) is 6. The van der Waals surface area contributed by atoms with E-state index in [1.165, 1.54) is 5.56 Å². The standard InChI is InChI=1S/C21H23N7/c1-4-6-18-20-19(28(3)26-18)12-24-21(25-20)27(2)13-15-7-5-8-16(9-15)17-10-22-14-23-11-17/h5,7-12,14H,4,6,13H2,1-3H3. The minimum atomic E-state index is 0.700. The molecule has 0 saturated heterocycles. The molecule has 7 nitrogen and oxygen atoms in total. The van der Waals surface area contributed by atoms with Crippen molar-refractivity contribution in [2.45, 2.75) is 26.3 Å². The molecule has 7 heteroatoms. The quantitative estimate of drug-likeness (QED) is 0.516. The minimum Gasteiger partial charge on any atom is -0.340 e. The summed E-state index contributed by atoms with van der Waals surface area (Å²) in [5.41, 5.74) is 6.21. The van der Waals surface area contributed by atoms with E-state index >= 15 is 0 Å². The lowest BCUT2D eigenvalue weighted by atomic mass is 10.1. The van der Waals surface area contributed by atoms with Gasteiger partial charge in [0, 0.05) is 38.6 Å². The van der Waals surface area contributed by atoms with E-state index in [0.717, 1.165) is 40.7 Å². The molecule has 0 radical (unpaired) electrons. The summed E-state index contributed by atoms with van der Waals surface area (Å²) in [5, 5.41) is 4.59. The van der Waals surface area contributed by atoms with Gasteiger partial charge in [0.2, 0.25) is 5.95 Å². The smallest absolute Gasteiger partial charge is 0.226 e. The van der Waals surface area contributed by atoms with Gasteiger partial charge in [-0.15, -0.1) is 0 Å². The van der Waals surface area contributed by atoms with Crippen molar-refractivity contribution in [1.29, 1.82) is 0 Å². The summed E-state index contributed by atoms with van der Waals surface area (Å²) >= 11 is 0. The highest BCUT2D eigenvalue weighted by Gasteiger charge is 2.13. The molecule has 0 unspecified atom stereocenters. The average molecular weight is 373 g/mol. The molecule has 4 rings (SSSR count). The van der Waals surface area contributed by atoms with Gasteiger partial charge in [-0.3, -0.25) is 4.68 Å². The van der Waals surface area contributed by atoms with E-state index in [9.17, 15) is 0 Å². The number of nitrogens with zero attached hydrogens (tertiary/aromatic N) is 7. The van der Waals surface area contributed by atoms with Crippen LogP contribution in [0.5, 0.6) is 0 Å². The fraction of sp³-hybridized carbons (Fsp3) is 0.286. The van der Waals surface area contributed by atoms with Crippen LogP contribution in [0, 0.1) is 0 Å². The third-order valence-electron chi connectivity index (χ3n) is 4.72. The van der Waals surface area contributed by atoms with Gasteiger partial charge in [-0.05, 0) is 23.6 Å². The van der Waals surface area contributed by atoms with E-state index in [1.807, 2.05) is 37.4 Å². The number of fused-ring (bicyclic) bond motifs is 1. The molecule has 0 aliphatic carbocycles. The highest BCUT2D eigenvalue weighted by Crippen LogP contribution is 2.22. The normalized spacial score (nSPS) is 11.1. The molecule has 3 heterocycles. The van der Waals surface area contributed by atoms with Crippen LogP contribution in [-0.4, -0.2) is 36.8 Å². The van der Waals surface area contributed by atoms with E-state index in [-0.39, 0.29) is 0 Å². The summed E-state index contributed by atoms with van der Waals surface area (Å²) < 4.78 is 1.86. The number of rotatable bonds is 6. The third kappa shape index (κ3) is 3.55. The first-order chi connectivity index (χ1) is 13.7. The Kier molecular flexibility index (Phi) is 4.97. The van der Waals surface area contributed by atoms with Gasteiger partial charge in [0.1, 0.15) is 17.4 Å². The molecule has 0 fully saturated rings. The zero-order valence-electron chi connectivity index (χ0n) is 16.4. The summed E-state index contributed by atoms with van der Waals surface area (Å²) in [5.74, 6) is 0.700. The van der Waals surface area contributed by atoms with Crippen LogP contribution in [0.1, 0.15) is 24.6 Å². The van der Waals surface area contributed by atoms with Crippen LogP contribution >= 0.6 is 0 Å². The van der Waals surface area contributed by atoms with E-state index in [2.05, 4.69) is 56.1 Å². The van der Waals surface area contributed by atoms with Gasteiger partial charge in [-0.25, -0.2) is 19.9 Å².